The van der Waals surface area contributed by atoms with Crippen molar-refractivity contribution in [1.82, 2.24) is 9.88 Å². The zero-order valence-corrected chi connectivity index (χ0v) is 12.5. The van der Waals surface area contributed by atoms with Crippen LogP contribution in [0.25, 0.3) is 0 Å². The third kappa shape index (κ3) is 4.11. The van der Waals surface area contributed by atoms with Crippen LogP contribution in [0.2, 0.25) is 0 Å². The Balaban J connectivity index is 2.77. The number of aromatic hydroxyl groups is 1. The Morgan fingerprint density at radius 3 is 2.65 bits per heavy atom. The molecule has 0 spiro atoms. The summed E-state index contributed by atoms with van der Waals surface area (Å²) in [5.41, 5.74) is 0.856. The van der Waals surface area contributed by atoms with Crippen LogP contribution in [0.4, 0.5) is 0 Å². The number of amides is 1. The van der Waals surface area contributed by atoms with Gasteiger partial charge in [0.2, 0.25) is 11.3 Å². The average Bonchev–Trinajstić information content (AvgIpc) is 2.41. The molecule has 0 atom stereocenters. The summed E-state index contributed by atoms with van der Waals surface area (Å²) in [6.45, 7) is 6.66. The molecule has 5 nitrogen and oxygen atoms in total. The Bertz CT molecular complexity index is 521. The minimum atomic E-state index is -0.401. The largest absolute Gasteiger partial charge is 0.503 e. The molecule has 0 aliphatic carbocycles. The lowest BCUT2D eigenvalue weighted by Crippen LogP contribution is -2.26. The van der Waals surface area contributed by atoms with Gasteiger partial charge in [0.05, 0.1) is 12.2 Å². The van der Waals surface area contributed by atoms with E-state index in [1.54, 1.807) is 0 Å². The standard InChI is InChI=1S/C15H24N2O3/c1-4-6-7-8-14(19)16-10-12-15(20)13(18)9-11(3)17(12)5-2/h9,20H,4-8,10H2,1-3H3,(H,16,19). The van der Waals surface area contributed by atoms with Gasteiger partial charge in [-0.2, -0.15) is 0 Å². The van der Waals surface area contributed by atoms with E-state index in [2.05, 4.69) is 12.2 Å². The van der Waals surface area contributed by atoms with E-state index >= 15 is 0 Å². The van der Waals surface area contributed by atoms with Crippen molar-refractivity contribution in [3.05, 3.63) is 27.7 Å². The van der Waals surface area contributed by atoms with Crippen molar-refractivity contribution >= 4 is 5.91 Å². The van der Waals surface area contributed by atoms with Gasteiger partial charge in [-0.05, 0) is 20.3 Å². The zero-order chi connectivity index (χ0) is 15.1. The van der Waals surface area contributed by atoms with E-state index in [9.17, 15) is 14.7 Å². The highest BCUT2D eigenvalue weighted by atomic mass is 16.3. The molecule has 5 heteroatoms. The van der Waals surface area contributed by atoms with E-state index in [0.717, 1.165) is 25.0 Å². The maximum atomic E-state index is 11.7. The molecular weight excluding hydrogens is 256 g/mol. The maximum absolute atomic E-state index is 11.7. The number of rotatable bonds is 7. The van der Waals surface area contributed by atoms with E-state index in [1.807, 2.05) is 18.4 Å². The van der Waals surface area contributed by atoms with Gasteiger partial charge in [0.25, 0.3) is 0 Å². The number of hydrogen-bond donors (Lipinski definition) is 2. The van der Waals surface area contributed by atoms with E-state index in [1.165, 1.54) is 6.07 Å². The smallest absolute Gasteiger partial charge is 0.223 e. The Morgan fingerprint density at radius 1 is 1.35 bits per heavy atom. The maximum Gasteiger partial charge on any atom is 0.223 e. The average molecular weight is 280 g/mol. The highest BCUT2D eigenvalue weighted by Gasteiger charge is 2.13. The van der Waals surface area contributed by atoms with Crippen LogP contribution in [0.15, 0.2) is 10.9 Å². The zero-order valence-electron chi connectivity index (χ0n) is 12.5. The third-order valence-corrected chi connectivity index (χ3v) is 3.37. The lowest BCUT2D eigenvalue weighted by Gasteiger charge is -2.16. The van der Waals surface area contributed by atoms with Gasteiger partial charge in [0.15, 0.2) is 5.75 Å². The van der Waals surface area contributed by atoms with E-state index in [0.29, 0.717) is 18.7 Å². The van der Waals surface area contributed by atoms with Gasteiger partial charge < -0.3 is 15.0 Å². The molecular formula is C15H24N2O3. The Labute approximate surface area is 119 Å². The quantitative estimate of drug-likeness (QED) is 0.751. The monoisotopic (exact) mass is 280 g/mol. The molecule has 0 bridgehead atoms. The molecule has 112 valence electrons. The third-order valence-electron chi connectivity index (χ3n) is 3.37. The number of pyridine rings is 1. The summed E-state index contributed by atoms with van der Waals surface area (Å²) >= 11 is 0. The highest BCUT2D eigenvalue weighted by Crippen LogP contribution is 2.14. The van der Waals surface area contributed by atoms with Crippen molar-refractivity contribution in [2.45, 2.75) is 59.5 Å². The molecule has 1 heterocycles. The lowest BCUT2D eigenvalue weighted by atomic mass is 10.2. The summed E-state index contributed by atoms with van der Waals surface area (Å²) in [6, 6.07) is 1.41. The van der Waals surface area contributed by atoms with Crippen LogP contribution in [-0.2, 0) is 17.9 Å². The van der Waals surface area contributed by atoms with Crippen LogP contribution in [-0.4, -0.2) is 15.6 Å². The predicted octanol–water partition coefficient (Wildman–Crippen LogP) is 2.08. The summed E-state index contributed by atoms with van der Waals surface area (Å²) in [5.74, 6) is -0.319. The van der Waals surface area contributed by atoms with E-state index in [4.69, 9.17) is 0 Å². The number of unbranched alkanes of at least 4 members (excludes halogenated alkanes) is 2. The van der Waals surface area contributed by atoms with Crippen molar-refractivity contribution in [1.29, 1.82) is 0 Å². The van der Waals surface area contributed by atoms with Crippen molar-refractivity contribution in [3.8, 4) is 5.75 Å². The summed E-state index contributed by atoms with van der Waals surface area (Å²) < 4.78 is 1.84. The first kappa shape index (κ1) is 16.3. The fraction of sp³-hybridized carbons (Fsp3) is 0.600. The topological polar surface area (TPSA) is 71.3 Å². The Morgan fingerprint density at radius 2 is 2.05 bits per heavy atom. The van der Waals surface area contributed by atoms with Crippen molar-refractivity contribution in [2.75, 3.05) is 0 Å². The first-order valence-electron chi connectivity index (χ1n) is 7.20. The second-order valence-electron chi connectivity index (χ2n) is 4.92. The first-order valence-corrected chi connectivity index (χ1v) is 7.20. The molecule has 0 unspecified atom stereocenters. The van der Waals surface area contributed by atoms with Gasteiger partial charge in [-0.3, -0.25) is 9.59 Å². The number of aromatic nitrogens is 1. The molecule has 1 aromatic rings. The number of nitrogens with one attached hydrogen (secondary N) is 1. The molecule has 0 saturated heterocycles. The van der Waals surface area contributed by atoms with Gasteiger partial charge in [-0.25, -0.2) is 0 Å². The number of hydrogen-bond acceptors (Lipinski definition) is 3. The van der Waals surface area contributed by atoms with Crippen LogP contribution < -0.4 is 10.7 Å². The molecule has 2 N–H and O–H groups in total. The fourth-order valence-corrected chi connectivity index (χ4v) is 2.24. The number of aryl methyl sites for hydroxylation is 1. The van der Waals surface area contributed by atoms with Crippen molar-refractivity contribution < 1.29 is 9.90 Å². The van der Waals surface area contributed by atoms with Crippen LogP contribution >= 0.6 is 0 Å². The second kappa shape index (κ2) is 7.72. The second-order valence-corrected chi connectivity index (χ2v) is 4.92. The fourth-order valence-electron chi connectivity index (χ4n) is 2.24. The molecule has 0 aliphatic rings. The molecule has 0 aromatic carbocycles. The molecule has 0 saturated carbocycles. The Hall–Kier alpha value is -1.78. The molecule has 1 amide bonds. The van der Waals surface area contributed by atoms with E-state index < -0.39 is 5.43 Å². The minimum absolute atomic E-state index is 0.0468. The van der Waals surface area contributed by atoms with E-state index in [-0.39, 0.29) is 18.2 Å². The lowest BCUT2D eigenvalue weighted by molar-refractivity contribution is -0.121. The number of carbonyl (C=O) groups excluding carboxylic acids is 1. The first-order chi connectivity index (χ1) is 9.51. The molecule has 20 heavy (non-hydrogen) atoms. The number of carbonyl (C=O) groups is 1. The van der Waals surface area contributed by atoms with Gasteiger partial charge in [0, 0.05) is 24.7 Å². The highest BCUT2D eigenvalue weighted by molar-refractivity contribution is 5.75. The summed E-state index contributed by atoms with van der Waals surface area (Å²) in [4.78, 5) is 23.3. The summed E-state index contributed by atoms with van der Waals surface area (Å²) in [7, 11) is 0. The molecule has 0 radical (unpaired) electrons. The van der Waals surface area contributed by atoms with Gasteiger partial charge >= 0.3 is 0 Å². The van der Waals surface area contributed by atoms with Crippen molar-refractivity contribution in [3.63, 3.8) is 0 Å². The SMILES string of the molecule is CCCCCC(=O)NCc1c(O)c(=O)cc(C)n1CC. The molecule has 0 aliphatic heterocycles. The van der Waals surface area contributed by atoms with Gasteiger partial charge in [-0.15, -0.1) is 0 Å². The van der Waals surface area contributed by atoms with Crippen molar-refractivity contribution in [2.24, 2.45) is 0 Å². The summed E-state index contributed by atoms with van der Waals surface area (Å²) in [5, 5.41) is 12.6. The van der Waals surface area contributed by atoms with Gasteiger partial charge in [0.1, 0.15) is 0 Å². The molecule has 1 aromatic heterocycles. The van der Waals surface area contributed by atoms with Crippen LogP contribution in [0.1, 0.15) is 50.9 Å². The molecule has 1 rings (SSSR count). The summed E-state index contributed by atoms with van der Waals surface area (Å²) in [6.07, 6.45) is 3.45. The number of nitrogens with zero attached hydrogens (tertiary/aromatic N) is 1. The van der Waals surface area contributed by atoms with Gasteiger partial charge in [-0.1, -0.05) is 19.8 Å². The normalized spacial score (nSPS) is 10.6. The predicted molar refractivity (Wildman–Crippen MR) is 78.8 cm³/mol. The Kier molecular flexibility index (Phi) is 6.28. The molecule has 0 fully saturated rings. The van der Waals surface area contributed by atoms with Crippen LogP contribution in [0, 0.1) is 6.92 Å². The minimum Gasteiger partial charge on any atom is -0.503 e. The van der Waals surface area contributed by atoms with Crippen LogP contribution in [0.3, 0.4) is 0 Å². The van der Waals surface area contributed by atoms with Crippen LogP contribution in [0.5, 0.6) is 5.75 Å².